The van der Waals surface area contributed by atoms with Crippen molar-refractivity contribution in [3.63, 3.8) is 0 Å². The van der Waals surface area contributed by atoms with Crippen LogP contribution >= 0.6 is 11.3 Å². The van der Waals surface area contributed by atoms with Crippen LogP contribution in [0.1, 0.15) is 50.3 Å². The van der Waals surface area contributed by atoms with Crippen LogP contribution < -0.4 is 4.74 Å². The molecular formula is C21H20N2O3S. The van der Waals surface area contributed by atoms with Gasteiger partial charge in [0, 0.05) is 23.9 Å². The number of esters is 1. The van der Waals surface area contributed by atoms with Crippen molar-refractivity contribution in [3.8, 4) is 5.75 Å². The Kier molecular flexibility index (Phi) is 5.16. The first kappa shape index (κ1) is 17.7. The molecule has 0 radical (unpaired) electrons. The standard InChI is InChI=1S/C21H20N2O3S/c1-14-19(27-20(23-14)17-6-7-17)21(24)26-12-15-4-8-18(9-5-15)25-13-16-3-2-10-22-11-16/h2-5,8-11,17H,6-7,12-13H2,1H3. The maximum atomic E-state index is 12.3. The second-order valence-corrected chi connectivity index (χ2v) is 7.64. The van der Waals surface area contributed by atoms with Gasteiger partial charge in [-0.3, -0.25) is 4.98 Å². The Morgan fingerprint density at radius 2 is 1.96 bits per heavy atom. The maximum Gasteiger partial charge on any atom is 0.350 e. The summed E-state index contributed by atoms with van der Waals surface area (Å²) in [5.41, 5.74) is 2.70. The topological polar surface area (TPSA) is 61.3 Å². The number of hydrogen-bond donors (Lipinski definition) is 0. The lowest BCUT2D eigenvalue weighted by molar-refractivity contribution is 0.0477. The van der Waals surface area contributed by atoms with E-state index >= 15 is 0 Å². The van der Waals surface area contributed by atoms with E-state index in [1.807, 2.05) is 43.3 Å². The second-order valence-electron chi connectivity index (χ2n) is 6.61. The van der Waals surface area contributed by atoms with Crippen molar-refractivity contribution in [1.29, 1.82) is 0 Å². The SMILES string of the molecule is Cc1nc(C2CC2)sc1C(=O)OCc1ccc(OCc2cccnc2)cc1. The molecule has 0 atom stereocenters. The van der Waals surface area contributed by atoms with Crippen molar-refractivity contribution in [2.24, 2.45) is 0 Å². The highest BCUT2D eigenvalue weighted by Crippen LogP contribution is 2.42. The highest BCUT2D eigenvalue weighted by Gasteiger charge is 2.29. The summed E-state index contributed by atoms with van der Waals surface area (Å²) in [5.74, 6) is 1.02. The van der Waals surface area contributed by atoms with Crippen LogP contribution in [0.2, 0.25) is 0 Å². The third-order valence-corrected chi connectivity index (χ3v) is 5.65. The second kappa shape index (κ2) is 7.88. The number of ether oxygens (including phenoxy) is 2. The Balaban J connectivity index is 1.30. The fourth-order valence-electron chi connectivity index (χ4n) is 2.66. The van der Waals surface area contributed by atoms with Gasteiger partial charge in [-0.1, -0.05) is 18.2 Å². The number of nitrogens with zero attached hydrogens (tertiary/aromatic N) is 2. The molecule has 1 aliphatic rings. The lowest BCUT2D eigenvalue weighted by atomic mass is 10.2. The highest BCUT2D eigenvalue weighted by atomic mass is 32.1. The number of carbonyl (C=O) groups is 1. The van der Waals surface area contributed by atoms with Gasteiger partial charge in [0.25, 0.3) is 0 Å². The zero-order chi connectivity index (χ0) is 18.6. The van der Waals surface area contributed by atoms with Crippen LogP contribution in [0.15, 0.2) is 48.8 Å². The third kappa shape index (κ3) is 4.52. The minimum atomic E-state index is -0.297. The lowest BCUT2D eigenvalue weighted by Crippen LogP contribution is -2.05. The fourth-order valence-corrected chi connectivity index (χ4v) is 3.79. The number of rotatable bonds is 7. The molecule has 0 unspecified atom stereocenters. The van der Waals surface area contributed by atoms with Crippen LogP contribution in [0.4, 0.5) is 0 Å². The smallest absolute Gasteiger partial charge is 0.350 e. The highest BCUT2D eigenvalue weighted by molar-refractivity contribution is 7.13. The van der Waals surface area contributed by atoms with Crippen LogP contribution in [-0.4, -0.2) is 15.9 Å². The lowest BCUT2D eigenvalue weighted by Gasteiger charge is -2.08. The van der Waals surface area contributed by atoms with Crippen LogP contribution in [0.5, 0.6) is 5.75 Å². The summed E-state index contributed by atoms with van der Waals surface area (Å²) in [6.45, 7) is 2.57. The van der Waals surface area contributed by atoms with Crippen LogP contribution in [0, 0.1) is 6.92 Å². The average Bonchev–Trinajstić information content (AvgIpc) is 3.48. The van der Waals surface area contributed by atoms with Crippen molar-refractivity contribution < 1.29 is 14.3 Å². The average molecular weight is 380 g/mol. The van der Waals surface area contributed by atoms with Gasteiger partial charge < -0.3 is 9.47 Å². The normalized spacial score (nSPS) is 13.4. The largest absolute Gasteiger partial charge is 0.489 e. The summed E-state index contributed by atoms with van der Waals surface area (Å²) >= 11 is 1.47. The molecule has 6 heteroatoms. The Bertz CT molecular complexity index is 918. The quantitative estimate of drug-likeness (QED) is 0.558. The van der Waals surface area contributed by atoms with Gasteiger partial charge in [-0.05, 0) is 43.5 Å². The Morgan fingerprint density at radius 3 is 2.67 bits per heavy atom. The fraction of sp³-hybridized carbons (Fsp3) is 0.286. The minimum absolute atomic E-state index is 0.234. The van der Waals surface area contributed by atoms with E-state index in [2.05, 4.69) is 9.97 Å². The number of benzene rings is 1. The molecule has 3 aromatic rings. The monoisotopic (exact) mass is 380 g/mol. The van der Waals surface area contributed by atoms with Gasteiger partial charge >= 0.3 is 5.97 Å². The number of thiazole rings is 1. The molecule has 1 saturated carbocycles. The Hall–Kier alpha value is -2.73. The first-order valence-electron chi connectivity index (χ1n) is 8.94. The Morgan fingerprint density at radius 1 is 1.15 bits per heavy atom. The number of aromatic nitrogens is 2. The van der Waals surface area contributed by atoms with E-state index in [1.165, 1.54) is 24.2 Å². The first-order valence-corrected chi connectivity index (χ1v) is 9.76. The summed E-state index contributed by atoms with van der Waals surface area (Å²) in [6, 6.07) is 11.4. The molecule has 1 aromatic carbocycles. The number of aryl methyl sites for hydroxylation is 1. The van der Waals surface area contributed by atoms with E-state index in [1.54, 1.807) is 12.4 Å². The molecule has 0 N–H and O–H groups in total. The van der Waals surface area contributed by atoms with Crippen molar-refractivity contribution >= 4 is 17.3 Å². The molecule has 1 aliphatic carbocycles. The van der Waals surface area contributed by atoms with Gasteiger partial charge in [0.2, 0.25) is 0 Å². The summed E-state index contributed by atoms with van der Waals surface area (Å²) in [6.07, 6.45) is 5.87. The van der Waals surface area contributed by atoms with Crippen LogP contribution in [0.3, 0.4) is 0 Å². The number of hydrogen-bond acceptors (Lipinski definition) is 6. The molecule has 2 aromatic heterocycles. The number of pyridine rings is 1. The van der Waals surface area contributed by atoms with Crippen molar-refractivity contribution in [1.82, 2.24) is 9.97 Å². The van der Waals surface area contributed by atoms with E-state index in [9.17, 15) is 4.79 Å². The molecule has 138 valence electrons. The third-order valence-electron chi connectivity index (χ3n) is 4.35. The van der Waals surface area contributed by atoms with Gasteiger partial charge in [-0.15, -0.1) is 11.3 Å². The molecule has 0 bridgehead atoms. The van der Waals surface area contributed by atoms with Gasteiger partial charge in [0.1, 0.15) is 23.8 Å². The van der Waals surface area contributed by atoms with E-state index in [-0.39, 0.29) is 12.6 Å². The van der Waals surface area contributed by atoms with E-state index in [4.69, 9.17) is 9.47 Å². The minimum Gasteiger partial charge on any atom is -0.489 e. The van der Waals surface area contributed by atoms with Gasteiger partial charge in [-0.25, -0.2) is 9.78 Å². The summed E-state index contributed by atoms with van der Waals surface area (Å²) in [4.78, 5) is 21.5. The summed E-state index contributed by atoms with van der Waals surface area (Å²) < 4.78 is 11.2. The molecule has 0 amide bonds. The predicted molar refractivity (Wildman–Crippen MR) is 103 cm³/mol. The van der Waals surface area contributed by atoms with Crippen LogP contribution in [0.25, 0.3) is 0 Å². The Labute approximate surface area is 162 Å². The van der Waals surface area contributed by atoms with Crippen molar-refractivity contribution in [2.45, 2.75) is 38.9 Å². The molecule has 27 heavy (non-hydrogen) atoms. The molecule has 1 fully saturated rings. The zero-order valence-corrected chi connectivity index (χ0v) is 15.9. The maximum absolute atomic E-state index is 12.3. The molecule has 0 spiro atoms. The van der Waals surface area contributed by atoms with Crippen LogP contribution in [-0.2, 0) is 18.0 Å². The van der Waals surface area contributed by atoms with E-state index < -0.39 is 0 Å². The first-order chi connectivity index (χ1) is 13.2. The summed E-state index contributed by atoms with van der Waals surface area (Å²) in [7, 11) is 0. The molecule has 0 saturated heterocycles. The predicted octanol–water partition coefficient (Wildman–Crippen LogP) is 4.66. The summed E-state index contributed by atoms with van der Waals surface area (Å²) in [5, 5.41) is 1.06. The van der Waals surface area contributed by atoms with Gasteiger partial charge in [-0.2, -0.15) is 0 Å². The van der Waals surface area contributed by atoms with Crippen molar-refractivity contribution in [2.75, 3.05) is 0 Å². The molecule has 5 nitrogen and oxygen atoms in total. The molecule has 4 rings (SSSR count). The van der Waals surface area contributed by atoms with Gasteiger partial charge in [0.15, 0.2) is 0 Å². The zero-order valence-electron chi connectivity index (χ0n) is 15.1. The molecular weight excluding hydrogens is 360 g/mol. The van der Waals surface area contributed by atoms with E-state index in [0.717, 1.165) is 27.6 Å². The van der Waals surface area contributed by atoms with Crippen molar-refractivity contribution in [3.05, 3.63) is 75.5 Å². The van der Waals surface area contributed by atoms with Gasteiger partial charge in [0.05, 0.1) is 10.7 Å². The molecule has 2 heterocycles. The van der Waals surface area contributed by atoms with E-state index in [0.29, 0.717) is 17.4 Å². The molecule has 0 aliphatic heterocycles. The number of carbonyl (C=O) groups excluding carboxylic acids is 1.